The average Bonchev–Trinajstić information content (AvgIpc) is 2.82. The maximum atomic E-state index is 12.0. The molecule has 0 aliphatic heterocycles. The first-order chi connectivity index (χ1) is 11.1. The number of anilines is 1. The standard InChI is InChI=1S/C17H23ClN2O3/c1-23-17(22)14-10-13(8-9-15(14)18)19-11-16(21)20-12-6-4-2-3-5-7-12/h8-10,12,19H,2-7,11H2,1H3,(H,20,21). The molecule has 1 amide bonds. The van der Waals surface area contributed by atoms with Crippen LogP contribution >= 0.6 is 11.6 Å². The summed E-state index contributed by atoms with van der Waals surface area (Å²) in [6.07, 6.45) is 6.98. The molecule has 5 nitrogen and oxygen atoms in total. The molecule has 23 heavy (non-hydrogen) atoms. The summed E-state index contributed by atoms with van der Waals surface area (Å²) in [7, 11) is 1.30. The number of ether oxygens (including phenoxy) is 1. The molecule has 0 radical (unpaired) electrons. The third-order valence-corrected chi connectivity index (χ3v) is 4.37. The van der Waals surface area contributed by atoms with E-state index in [1.54, 1.807) is 18.2 Å². The van der Waals surface area contributed by atoms with Crippen molar-refractivity contribution in [3.63, 3.8) is 0 Å². The number of amides is 1. The molecule has 1 saturated carbocycles. The number of benzene rings is 1. The number of esters is 1. The zero-order valence-electron chi connectivity index (χ0n) is 13.4. The summed E-state index contributed by atoms with van der Waals surface area (Å²) in [6, 6.07) is 5.21. The number of nitrogens with one attached hydrogen (secondary N) is 2. The lowest BCUT2D eigenvalue weighted by molar-refractivity contribution is -0.120. The van der Waals surface area contributed by atoms with E-state index in [0.29, 0.717) is 10.7 Å². The third-order valence-electron chi connectivity index (χ3n) is 4.05. The van der Waals surface area contributed by atoms with E-state index in [1.165, 1.54) is 32.8 Å². The number of methoxy groups -OCH3 is 1. The lowest BCUT2D eigenvalue weighted by Gasteiger charge is -2.17. The maximum Gasteiger partial charge on any atom is 0.339 e. The van der Waals surface area contributed by atoms with Crippen LogP contribution in [0.4, 0.5) is 5.69 Å². The molecule has 1 fully saturated rings. The van der Waals surface area contributed by atoms with Crippen molar-refractivity contribution in [1.29, 1.82) is 0 Å². The highest BCUT2D eigenvalue weighted by molar-refractivity contribution is 6.33. The molecule has 1 aromatic rings. The monoisotopic (exact) mass is 338 g/mol. The Hall–Kier alpha value is -1.75. The van der Waals surface area contributed by atoms with Gasteiger partial charge in [-0.3, -0.25) is 4.79 Å². The molecule has 126 valence electrons. The first-order valence-electron chi connectivity index (χ1n) is 8.01. The molecule has 0 atom stereocenters. The first kappa shape index (κ1) is 17.6. The van der Waals surface area contributed by atoms with Crippen LogP contribution in [0.25, 0.3) is 0 Å². The molecule has 2 rings (SSSR count). The van der Waals surface area contributed by atoms with Crippen LogP contribution in [0.1, 0.15) is 48.9 Å². The number of carbonyl (C=O) groups excluding carboxylic acids is 2. The minimum Gasteiger partial charge on any atom is -0.465 e. The van der Waals surface area contributed by atoms with Crippen LogP contribution in [0, 0.1) is 0 Å². The summed E-state index contributed by atoms with van der Waals surface area (Å²) in [5.41, 5.74) is 0.939. The third kappa shape index (κ3) is 5.43. The van der Waals surface area contributed by atoms with E-state index in [0.717, 1.165) is 12.8 Å². The highest BCUT2D eigenvalue weighted by Gasteiger charge is 2.15. The minimum atomic E-state index is -0.499. The van der Waals surface area contributed by atoms with E-state index in [2.05, 4.69) is 15.4 Å². The van der Waals surface area contributed by atoms with Gasteiger partial charge in [0, 0.05) is 11.7 Å². The second kappa shape index (κ2) is 8.77. The Morgan fingerprint density at radius 2 is 1.91 bits per heavy atom. The first-order valence-corrected chi connectivity index (χ1v) is 8.39. The van der Waals surface area contributed by atoms with Crippen LogP contribution in [0.5, 0.6) is 0 Å². The summed E-state index contributed by atoms with van der Waals surface area (Å²) < 4.78 is 4.68. The molecule has 0 unspecified atom stereocenters. The van der Waals surface area contributed by atoms with E-state index in [-0.39, 0.29) is 24.1 Å². The fourth-order valence-corrected chi connectivity index (χ4v) is 2.98. The van der Waals surface area contributed by atoms with Crippen LogP contribution in [0.2, 0.25) is 5.02 Å². The van der Waals surface area contributed by atoms with Gasteiger partial charge >= 0.3 is 5.97 Å². The molecule has 2 N–H and O–H groups in total. The van der Waals surface area contributed by atoms with Crippen LogP contribution in [-0.4, -0.2) is 31.6 Å². The molecule has 0 bridgehead atoms. The Morgan fingerprint density at radius 1 is 1.22 bits per heavy atom. The summed E-state index contributed by atoms with van der Waals surface area (Å²) >= 11 is 5.97. The Morgan fingerprint density at radius 3 is 2.57 bits per heavy atom. The predicted octanol–water partition coefficient (Wildman–Crippen LogP) is 3.38. The van der Waals surface area contributed by atoms with Gasteiger partial charge < -0.3 is 15.4 Å². The van der Waals surface area contributed by atoms with Gasteiger partial charge in [-0.1, -0.05) is 37.3 Å². The fraction of sp³-hybridized carbons (Fsp3) is 0.529. The molecule has 0 aromatic heterocycles. The average molecular weight is 339 g/mol. The van der Waals surface area contributed by atoms with Crippen molar-refractivity contribution in [2.45, 2.75) is 44.6 Å². The van der Waals surface area contributed by atoms with Crippen molar-refractivity contribution in [2.24, 2.45) is 0 Å². The van der Waals surface area contributed by atoms with Gasteiger partial charge in [-0.15, -0.1) is 0 Å². The molecule has 0 spiro atoms. The molecule has 1 aromatic carbocycles. The number of carbonyl (C=O) groups is 2. The Kier molecular flexibility index (Phi) is 6.71. The van der Waals surface area contributed by atoms with Crippen molar-refractivity contribution in [3.8, 4) is 0 Å². The van der Waals surface area contributed by atoms with Gasteiger partial charge in [0.1, 0.15) is 0 Å². The summed E-state index contributed by atoms with van der Waals surface area (Å²) in [5, 5.41) is 6.41. The topological polar surface area (TPSA) is 67.4 Å². The summed E-state index contributed by atoms with van der Waals surface area (Å²) in [6.45, 7) is 0.165. The van der Waals surface area contributed by atoms with Crippen LogP contribution < -0.4 is 10.6 Å². The predicted molar refractivity (Wildman–Crippen MR) is 90.9 cm³/mol. The van der Waals surface area contributed by atoms with Gasteiger partial charge in [0.15, 0.2) is 0 Å². The van der Waals surface area contributed by atoms with Crippen molar-refractivity contribution >= 4 is 29.2 Å². The van der Waals surface area contributed by atoms with Gasteiger partial charge in [-0.25, -0.2) is 4.79 Å². The van der Waals surface area contributed by atoms with E-state index in [4.69, 9.17) is 11.6 Å². The van der Waals surface area contributed by atoms with Gasteiger partial charge in [0.25, 0.3) is 0 Å². The van der Waals surface area contributed by atoms with E-state index >= 15 is 0 Å². The smallest absolute Gasteiger partial charge is 0.339 e. The highest BCUT2D eigenvalue weighted by atomic mass is 35.5. The number of halogens is 1. The molecule has 6 heteroatoms. The number of rotatable bonds is 5. The Labute approximate surface area is 141 Å². The van der Waals surface area contributed by atoms with Gasteiger partial charge in [0.05, 0.1) is 24.2 Å². The lowest BCUT2D eigenvalue weighted by atomic mass is 10.1. The van der Waals surface area contributed by atoms with Crippen LogP contribution in [0.15, 0.2) is 18.2 Å². The molecule has 1 aliphatic carbocycles. The van der Waals surface area contributed by atoms with Crippen molar-refractivity contribution < 1.29 is 14.3 Å². The SMILES string of the molecule is COC(=O)c1cc(NCC(=O)NC2CCCCCC2)ccc1Cl. The Balaban J connectivity index is 1.87. The van der Waals surface area contributed by atoms with E-state index < -0.39 is 5.97 Å². The maximum absolute atomic E-state index is 12.0. The second-order valence-corrected chi connectivity index (χ2v) is 6.20. The molecular formula is C17H23ClN2O3. The van der Waals surface area contributed by atoms with Crippen LogP contribution in [-0.2, 0) is 9.53 Å². The zero-order chi connectivity index (χ0) is 16.7. The largest absolute Gasteiger partial charge is 0.465 e. The lowest BCUT2D eigenvalue weighted by Crippen LogP contribution is -2.38. The van der Waals surface area contributed by atoms with Gasteiger partial charge in [0.2, 0.25) is 5.91 Å². The Bertz CT molecular complexity index is 555. The molecule has 1 aliphatic rings. The quantitative estimate of drug-likeness (QED) is 0.638. The molecular weight excluding hydrogens is 316 g/mol. The van der Waals surface area contributed by atoms with Crippen molar-refractivity contribution in [1.82, 2.24) is 5.32 Å². The number of hydrogen-bond donors (Lipinski definition) is 2. The molecule has 0 saturated heterocycles. The summed E-state index contributed by atoms with van der Waals surface area (Å²) in [4.78, 5) is 23.7. The van der Waals surface area contributed by atoms with E-state index in [1.807, 2.05) is 0 Å². The van der Waals surface area contributed by atoms with Gasteiger partial charge in [-0.05, 0) is 31.0 Å². The second-order valence-electron chi connectivity index (χ2n) is 5.80. The zero-order valence-corrected chi connectivity index (χ0v) is 14.1. The van der Waals surface area contributed by atoms with Crippen molar-refractivity contribution in [2.75, 3.05) is 19.0 Å². The normalized spacial score (nSPS) is 15.6. The van der Waals surface area contributed by atoms with E-state index in [9.17, 15) is 9.59 Å². The minimum absolute atomic E-state index is 0.0357. The molecule has 0 heterocycles. The number of hydrogen-bond acceptors (Lipinski definition) is 4. The summed E-state index contributed by atoms with van der Waals surface area (Å²) in [5.74, 6) is -0.534. The fourth-order valence-electron chi connectivity index (χ4n) is 2.79. The van der Waals surface area contributed by atoms with Crippen molar-refractivity contribution in [3.05, 3.63) is 28.8 Å². The highest BCUT2D eigenvalue weighted by Crippen LogP contribution is 2.21. The van der Waals surface area contributed by atoms with Crippen LogP contribution in [0.3, 0.4) is 0 Å². The van der Waals surface area contributed by atoms with Gasteiger partial charge in [-0.2, -0.15) is 0 Å².